The fraction of sp³-hybridized carbons (Fsp3) is 1.00. The van der Waals surface area contributed by atoms with Crippen LogP contribution in [0.5, 0.6) is 0 Å². The SMILES string of the molecule is CN(C)[P+](N=[PH2+])(N(C)C)N(C)C. The lowest BCUT2D eigenvalue weighted by atomic mass is 11.2. The van der Waals surface area contributed by atoms with E-state index in [1.165, 1.54) is 0 Å². The monoisotopic (exact) mass is 210 g/mol. The summed E-state index contributed by atoms with van der Waals surface area (Å²) in [7, 11) is 13.2. The second-order valence-corrected chi connectivity index (χ2v) is 7.59. The van der Waals surface area contributed by atoms with Gasteiger partial charge in [0, 0.05) is 42.3 Å². The van der Waals surface area contributed by atoms with Crippen molar-refractivity contribution in [3.05, 3.63) is 0 Å². The smallest absolute Gasteiger partial charge is 0.130 e. The predicted octanol–water partition coefficient (Wildman–Crippen LogP) is 1.41. The molecule has 0 fully saturated rings. The molecule has 0 aliphatic carbocycles. The molecule has 0 radical (unpaired) electrons. The second kappa shape index (κ2) is 4.59. The van der Waals surface area contributed by atoms with Gasteiger partial charge in [0.15, 0.2) is 0 Å². The molecule has 0 saturated carbocycles. The fourth-order valence-corrected chi connectivity index (χ4v) is 6.01. The Morgan fingerprint density at radius 1 is 0.833 bits per heavy atom. The van der Waals surface area contributed by atoms with Crippen molar-refractivity contribution in [1.29, 1.82) is 0 Å². The maximum atomic E-state index is 4.42. The van der Waals surface area contributed by atoms with E-state index < -0.39 is 7.87 Å². The largest absolute Gasteiger partial charge is 0.400 e. The second-order valence-electron chi connectivity index (χ2n) is 3.19. The summed E-state index contributed by atoms with van der Waals surface area (Å²) in [5.41, 5.74) is 0. The fourth-order valence-electron chi connectivity index (χ4n) is 1.38. The molecular formula is C6H20N4P2+2. The van der Waals surface area contributed by atoms with Gasteiger partial charge in [0.05, 0.1) is 4.52 Å². The average molecular weight is 210 g/mol. The van der Waals surface area contributed by atoms with E-state index in [2.05, 4.69) is 69.8 Å². The first-order chi connectivity index (χ1) is 5.39. The lowest BCUT2D eigenvalue weighted by Gasteiger charge is -2.31. The predicted molar refractivity (Wildman–Crippen MR) is 60.1 cm³/mol. The minimum Gasteiger partial charge on any atom is -0.130 e. The van der Waals surface area contributed by atoms with E-state index in [1.807, 2.05) is 0 Å². The van der Waals surface area contributed by atoms with E-state index in [9.17, 15) is 0 Å². The van der Waals surface area contributed by atoms with Crippen molar-refractivity contribution >= 4 is 16.9 Å². The van der Waals surface area contributed by atoms with Crippen LogP contribution in [0.15, 0.2) is 4.52 Å². The molecule has 0 aliphatic rings. The van der Waals surface area contributed by atoms with E-state index in [-0.39, 0.29) is 0 Å². The van der Waals surface area contributed by atoms with E-state index in [1.54, 1.807) is 0 Å². The van der Waals surface area contributed by atoms with Crippen molar-refractivity contribution in [2.24, 2.45) is 4.52 Å². The quantitative estimate of drug-likeness (QED) is 0.655. The van der Waals surface area contributed by atoms with Gasteiger partial charge in [-0.1, -0.05) is 0 Å². The highest BCUT2D eigenvalue weighted by atomic mass is 31.2. The summed E-state index contributed by atoms with van der Waals surface area (Å²) in [6, 6.07) is 0. The number of hydrogen-bond acceptors (Lipinski definition) is 4. The molecule has 1 unspecified atom stereocenters. The molecule has 0 N–H and O–H groups in total. The van der Waals surface area contributed by atoms with Crippen LogP contribution in [0.2, 0.25) is 0 Å². The lowest BCUT2D eigenvalue weighted by molar-refractivity contribution is 0.462. The molecule has 0 amide bonds. The first-order valence-electron chi connectivity index (χ1n) is 3.74. The number of hydrogen-bond donors (Lipinski definition) is 0. The van der Waals surface area contributed by atoms with Crippen molar-refractivity contribution < 1.29 is 0 Å². The number of nitrogens with zero attached hydrogens (tertiary/aromatic N) is 4. The molecular weight excluding hydrogens is 190 g/mol. The molecule has 0 aromatic rings. The molecule has 1 atom stereocenters. The summed E-state index contributed by atoms with van der Waals surface area (Å²) in [5.74, 6) is 0. The highest BCUT2D eigenvalue weighted by Crippen LogP contribution is 2.65. The van der Waals surface area contributed by atoms with Crippen LogP contribution in [0.1, 0.15) is 0 Å². The molecule has 0 aromatic heterocycles. The van der Waals surface area contributed by atoms with Gasteiger partial charge in [-0.2, -0.15) is 0 Å². The van der Waals surface area contributed by atoms with Crippen LogP contribution in [0.25, 0.3) is 0 Å². The zero-order valence-electron chi connectivity index (χ0n) is 8.81. The van der Waals surface area contributed by atoms with Gasteiger partial charge in [-0.05, 0) is 0 Å². The van der Waals surface area contributed by atoms with Gasteiger partial charge in [0.25, 0.3) is 0 Å². The Morgan fingerprint density at radius 2 is 1.08 bits per heavy atom. The third-order valence-corrected chi connectivity index (χ3v) is 6.22. The van der Waals surface area contributed by atoms with Gasteiger partial charge >= 0.3 is 7.87 Å². The van der Waals surface area contributed by atoms with Crippen molar-refractivity contribution in [3.8, 4) is 0 Å². The van der Waals surface area contributed by atoms with E-state index in [4.69, 9.17) is 0 Å². The molecule has 0 aromatic carbocycles. The topological polar surface area (TPSA) is 22.1 Å². The summed E-state index contributed by atoms with van der Waals surface area (Å²) >= 11 is 0. The Morgan fingerprint density at radius 3 is 1.08 bits per heavy atom. The molecule has 0 rings (SSSR count). The van der Waals surface area contributed by atoms with Crippen molar-refractivity contribution in [2.75, 3.05) is 42.3 Å². The van der Waals surface area contributed by atoms with Gasteiger partial charge in [-0.15, -0.1) is 14.0 Å². The van der Waals surface area contributed by atoms with Gasteiger partial charge < -0.3 is 0 Å². The van der Waals surface area contributed by atoms with Crippen LogP contribution in [0.3, 0.4) is 0 Å². The summed E-state index contributed by atoms with van der Waals surface area (Å²) in [4.78, 5) is 0. The summed E-state index contributed by atoms with van der Waals surface area (Å²) in [6.07, 6.45) is 0. The molecule has 0 heterocycles. The van der Waals surface area contributed by atoms with E-state index >= 15 is 0 Å². The number of rotatable bonds is 4. The molecule has 6 heteroatoms. The van der Waals surface area contributed by atoms with E-state index in [0.717, 1.165) is 0 Å². The van der Waals surface area contributed by atoms with E-state index in [0.29, 0.717) is 0 Å². The zero-order valence-corrected chi connectivity index (χ0v) is 10.9. The van der Waals surface area contributed by atoms with Gasteiger partial charge in [-0.25, -0.2) is 0 Å². The van der Waals surface area contributed by atoms with Crippen molar-refractivity contribution in [1.82, 2.24) is 14.0 Å². The molecule has 4 nitrogen and oxygen atoms in total. The van der Waals surface area contributed by atoms with Crippen molar-refractivity contribution in [3.63, 3.8) is 0 Å². The van der Waals surface area contributed by atoms with Crippen LogP contribution in [0.4, 0.5) is 0 Å². The third kappa shape index (κ3) is 2.01. The third-order valence-electron chi connectivity index (χ3n) is 1.76. The Labute approximate surface area is 78.4 Å². The standard InChI is InChI=1S/C6H19N4P2/c1-8(2)12(7-11,9(3)4)10(5)6/h11H,1-6H3/q+1/p+1. The van der Waals surface area contributed by atoms with Crippen molar-refractivity contribution in [2.45, 2.75) is 0 Å². The molecule has 72 valence electrons. The van der Waals surface area contributed by atoms with Crippen LogP contribution >= 0.6 is 16.9 Å². The molecule has 0 spiro atoms. The van der Waals surface area contributed by atoms with Gasteiger partial charge in [0.1, 0.15) is 0 Å². The first kappa shape index (κ1) is 12.4. The van der Waals surface area contributed by atoms with Crippen LogP contribution in [-0.2, 0) is 0 Å². The highest BCUT2D eigenvalue weighted by molar-refractivity contribution is 7.69. The Balaban J connectivity index is 4.89. The minimum atomic E-state index is -1.60. The Kier molecular flexibility index (Phi) is 4.75. The first-order valence-corrected chi connectivity index (χ1v) is 5.86. The molecule has 0 aliphatic heterocycles. The Bertz CT molecular complexity index is 136. The Hall–Kier alpha value is 0.410. The summed E-state index contributed by atoms with van der Waals surface area (Å²) in [6.45, 7) is 0. The summed E-state index contributed by atoms with van der Waals surface area (Å²) < 4.78 is 10.9. The van der Waals surface area contributed by atoms with Gasteiger partial charge in [0.2, 0.25) is 9.03 Å². The summed E-state index contributed by atoms with van der Waals surface area (Å²) in [5, 5.41) is 0. The maximum Gasteiger partial charge on any atom is 0.400 e. The van der Waals surface area contributed by atoms with Gasteiger partial charge in [-0.3, -0.25) is 0 Å². The molecule has 12 heavy (non-hydrogen) atoms. The molecule has 0 saturated heterocycles. The normalized spacial score (nSPS) is 13.1. The lowest BCUT2D eigenvalue weighted by Crippen LogP contribution is -2.34. The van der Waals surface area contributed by atoms with Crippen LogP contribution in [0, 0.1) is 0 Å². The zero-order chi connectivity index (χ0) is 9.94. The minimum absolute atomic E-state index is 1.60. The van der Waals surface area contributed by atoms with Crippen LogP contribution < -0.4 is 0 Å². The highest BCUT2D eigenvalue weighted by Gasteiger charge is 2.51. The van der Waals surface area contributed by atoms with Crippen LogP contribution in [-0.4, -0.2) is 56.3 Å². The average Bonchev–Trinajstić information content (AvgIpc) is 1.86. The maximum absolute atomic E-state index is 4.42. The molecule has 0 bridgehead atoms.